The summed E-state index contributed by atoms with van der Waals surface area (Å²) in [6.45, 7) is 5.12. The fraction of sp³-hybridized carbons (Fsp3) is 0.500. The van der Waals surface area contributed by atoms with E-state index in [4.69, 9.17) is 9.84 Å². The van der Waals surface area contributed by atoms with Crippen molar-refractivity contribution in [2.24, 2.45) is 0 Å². The third kappa shape index (κ3) is 3.82. The van der Waals surface area contributed by atoms with Gasteiger partial charge in [0.05, 0.1) is 6.54 Å². The molecule has 0 N–H and O–H groups in total. The first-order valence-corrected chi connectivity index (χ1v) is 9.76. The molecule has 1 atom stereocenters. The lowest BCUT2D eigenvalue weighted by Crippen LogP contribution is -2.25. The number of nitrogens with zero attached hydrogens (tertiary/aromatic N) is 5. The molecule has 0 saturated carbocycles. The highest BCUT2D eigenvalue weighted by Crippen LogP contribution is 2.25. The fourth-order valence-electron chi connectivity index (χ4n) is 3.18. The Morgan fingerprint density at radius 3 is 2.60 bits per heavy atom. The van der Waals surface area contributed by atoms with Gasteiger partial charge in [-0.2, -0.15) is 9.61 Å². The fourth-order valence-corrected chi connectivity index (χ4v) is 4.02. The van der Waals surface area contributed by atoms with Gasteiger partial charge in [0.25, 0.3) is 0 Å². The Morgan fingerprint density at radius 2 is 1.84 bits per heavy atom. The molecule has 1 fully saturated rings. The van der Waals surface area contributed by atoms with Crippen molar-refractivity contribution in [3.8, 4) is 5.75 Å². The second-order valence-electron chi connectivity index (χ2n) is 6.51. The van der Waals surface area contributed by atoms with E-state index in [1.54, 1.807) is 11.3 Å². The van der Waals surface area contributed by atoms with E-state index >= 15 is 0 Å². The van der Waals surface area contributed by atoms with E-state index in [0.717, 1.165) is 41.2 Å². The van der Waals surface area contributed by atoms with Crippen LogP contribution >= 0.6 is 11.3 Å². The van der Waals surface area contributed by atoms with Crippen LogP contribution in [0, 0.1) is 0 Å². The van der Waals surface area contributed by atoms with Crippen LogP contribution in [0.1, 0.15) is 49.5 Å². The number of para-hydroxylation sites is 1. The van der Waals surface area contributed by atoms with Gasteiger partial charge in [-0.05, 0) is 45.0 Å². The number of likely N-dealkylation sites (tertiary alicyclic amines) is 1. The van der Waals surface area contributed by atoms with Crippen molar-refractivity contribution in [2.45, 2.75) is 45.3 Å². The predicted octanol–water partition coefficient (Wildman–Crippen LogP) is 3.70. The van der Waals surface area contributed by atoms with Gasteiger partial charge in [0.15, 0.2) is 10.8 Å². The van der Waals surface area contributed by atoms with E-state index < -0.39 is 0 Å². The van der Waals surface area contributed by atoms with Crippen LogP contribution < -0.4 is 4.74 Å². The zero-order chi connectivity index (χ0) is 17.1. The van der Waals surface area contributed by atoms with Crippen LogP contribution in [0.25, 0.3) is 4.96 Å². The van der Waals surface area contributed by atoms with Gasteiger partial charge in [-0.3, -0.25) is 4.90 Å². The summed E-state index contributed by atoms with van der Waals surface area (Å²) >= 11 is 1.55. The molecule has 1 saturated heterocycles. The van der Waals surface area contributed by atoms with E-state index in [2.05, 4.69) is 15.1 Å². The molecular formula is C18H23N5OS. The average molecular weight is 357 g/mol. The minimum atomic E-state index is -0.111. The molecule has 1 unspecified atom stereocenters. The lowest BCUT2D eigenvalue weighted by Gasteiger charge is -2.17. The van der Waals surface area contributed by atoms with Crippen molar-refractivity contribution in [2.75, 3.05) is 13.1 Å². The van der Waals surface area contributed by atoms with Crippen LogP contribution in [0.15, 0.2) is 30.3 Å². The van der Waals surface area contributed by atoms with Crippen LogP contribution in [0.4, 0.5) is 0 Å². The van der Waals surface area contributed by atoms with Gasteiger partial charge in [-0.1, -0.05) is 42.4 Å². The summed E-state index contributed by atoms with van der Waals surface area (Å²) in [6, 6.07) is 9.85. The van der Waals surface area contributed by atoms with Crippen molar-refractivity contribution >= 4 is 16.3 Å². The molecule has 0 amide bonds. The van der Waals surface area contributed by atoms with Crippen molar-refractivity contribution in [3.05, 3.63) is 41.2 Å². The molecule has 6 nitrogen and oxygen atoms in total. The quantitative estimate of drug-likeness (QED) is 0.697. The Bertz CT molecular complexity index is 807. The second kappa shape index (κ2) is 7.49. The number of ether oxygens (including phenoxy) is 1. The van der Waals surface area contributed by atoms with E-state index in [0.29, 0.717) is 0 Å². The Hall–Kier alpha value is -1.99. The molecule has 2 aromatic heterocycles. The molecule has 1 aliphatic heterocycles. The summed E-state index contributed by atoms with van der Waals surface area (Å²) in [5.41, 5.74) is 0. The van der Waals surface area contributed by atoms with Gasteiger partial charge in [-0.25, -0.2) is 0 Å². The zero-order valence-corrected chi connectivity index (χ0v) is 15.3. The SMILES string of the molecule is CC(Oc1ccccc1)c1nn2c(CN3CCCCCC3)nnc2s1. The lowest BCUT2D eigenvalue weighted by atomic mass is 10.2. The summed E-state index contributed by atoms with van der Waals surface area (Å²) in [4.78, 5) is 3.30. The number of rotatable bonds is 5. The Morgan fingerprint density at radius 1 is 1.08 bits per heavy atom. The highest BCUT2D eigenvalue weighted by Gasteiger charge is 2.19. The Kier molecular flexibility index (Phi) is 4.94. The number of fused-ring (bicyclic) bond motifs is 1. The number of aromatic nitrogens is 4. The molecule has 1 aliphatic rings. The van der Waals surface area contributed by atoms with Crippen molar-refractivity contribution in [1.29, 1.82) is 0 Å². The van der Waals surface area contributed by atoms with Gasteiger partial charge >= 0.3 is 0 Å². The van der Waals surface area contributed by atoms with Gasteiger partial charge in [-0.15, -0.1) is 10.2 Å². The lowest BCUT2D eigenvalue weighted by molar-refractivity contribution is 0.224. The smallest absolute Gasteiger partial charge is 0.234 e. The summed E-state index contributed by atoms with van der Waals surface area (Å²) in [5, 5.41) is 14.3. The van der Waals surface area contributed by atoms with E-state index in [1.807, 2.05) is 41.8 Å². The van der Waals surface area contributed by atoms with Crippen LogP contribution in [0.5, 0.6) is 5.75 Å². The first kappa shape index (κ1) is 16.5. The molecule has 4 rings (SSSR count). The summed E-state index contributed by atoms with van der Waals surface area (Å²) in [5.74, 6) is 1.78. The van der Waals surface area contributed by atoms with Gasteiger partial charge < -0.3 is 4.74 Å². The maximum atomic E-state index is 5.98. The Labute approximate surface area is 151 Å². The maximum Gasteiger partial charge on any atom is 0.234 e. The van der Waals surface area contributed by atoms with Crippen LogP contribution in [0.2, 0.25) is 0 Å². The third-order valence-electron chi connectivity index (χ3n) is 4.54. The van der Waals surface area contributed by atoms with Gasteiger partial charge in [0.2, 0.25) is 4.96 Å². The predicted molar refractivity (Wildman–Crippen MR) is 97.9 cm³/mol. The molecule has 0 radical (unpaired) electrons. The van der Waals surface area contributed by atoms with Crippen molar-refractivity contribution in [1.82, 2.24) is 24.7 Å². The number of hydrogen-bond acceptors (Lipinski definition) is 6. The first-order valence-electron chi connectivity index (χ1n) is 8.95. The topological polar surface area (TPSA) is 55.6 Å². The standard InChI is InChI=1S/C18H23N5OS/c1-14(24-15-9-5-4-6-10-15)17-21-23-16(19-20-18(23)25-17)13-22-11-7-2-3-8-12-22/h4-6,9-10,14H,2-3,7-8,11-13H2,1H3. The maximum absolute atomic E-state index is 5.98. The Balaban J connectivity index is 1.49. The van der Waals surface area contributed by atoms with Crippen LogP contribution in [-0.2, 0) is 6.54 Å². The average Bonchev–Trinajstić information content (AvgIpc) is 3.10. The summed E-state index contributed by atoms with van der Waals surface area (Å²) in [7, 11) is 0. The van der Waals surface area contributed by atoms with Gasteiger partial charge in [0, 0.05) is 0 Å². The first-order chi connectivity index (χ1) is 12.3. The van der Waals surface area contributed by atoms with Crippen molar-refractivity contribution in [3.63, 3.8) is 0 Å². The molecular weight excluding hydrogens is 334 g/mol. The number of benzene rings is 1. The zero-order valence-electron chi connectivity index (χ0n) is 14.5. The van der Waals surface area contributed by atoms with Crippen LogP contribution in [-0.4, -0.2) is 37.8 Å². The molecule has 3 aromatic rings. The molecule has 3 heterocycles. The molecule has 25 heavy (non-hydrogen) atoms. The highest BCUT2D eigenvalue weighted by atomic mass is 32.1. The second-order valence-corrected chi connectivity index (χ2v) is 7.50. The normalized spacial score (nSPS) is 17.5. The molecule has 0 spiro atoms. The molecule has 7 heteroatoms. The monoisotopic (exact) mass is 357 g/mol. The van der Waals surface area contributed by atoms with Gasteiger partial charge in [0.1, 0.15) is 11.9 Å². The third-order valence-corrected chi connectivity index (χ3v) is 5.60. The van der Waals surface area contributed by atoms with E-state index in [1.165, 1.54) is 25.7 Å². The largest absolute Gasteiger partial charge is 0.483 e. The summed E-state index contributed by atoms with van der Waals surface area (Å²) in [6.07, 6.45) is 5.10. The molecule has 132 valence electrons. The summed E-state index contributed by atoms with van der Waals surface area (Å²) < 4.78 is 7.87. The molecule has 0 aliphatic carbocycles. The number of hydrogen-bond donors (Lipinski definition) is 0. The molecule has 1 aromatic carbocycles. The highest BCUT2D eigenvalue weighted by molar-refractivity contribution is 7.16. The molecule has 0 bridgehead atoms. The van der Waals surface area contributed by atoms with Crippen LogP contribution in [0.3, 0.4) is 0 Å². The van der Waals surface area contributed by atoms with Crippen molar-refractivity contribution < 1.29 is 4.74 Å². The van der Waals surface area contributed by atoms with E-state index in [9.17, 15) is 0 Å². The van der Waals surface area contributed by atoms with E-state index in [-0.39, 0.29) is 6.10 Å². The minimum absolute atomic E-state index is 0.111. The minimum Gasteiger partial charge on any atom is -0.483 e.